The first-order chi connectivity index (χ1) is 25.7. The Morgan fingerprint density at radius 2 is 0.891 bits per heavy atom. The molecule has 0 N–H and O–H groups in total. The smallest absolute Gasteiger partial charge is 0.328 e. The number of fused-ring (bicyclic) bond motifs is 3. The molecule has 55 heavy (non-hydrogen) atoms. The van der Waals surface area contributed by atoms with Crippen molar-refractivity contribution in [2.75, 3.05) is 0 Å². The van der Waals surface area contributed by atoms with E-state index in [2.05, 4.69) is 44.2 Å². The van der Waals surface area contributed by atoms with E-state index in [-0.39, 0.29) is 52.2 Å². The van der Waals surface area contributed by atoms with Gasteiger partial charge in [-0.05, 0) is 29.6 Å². The number of nitrogens with zero attached hydrogens (tertiary/aromatic N) is 5. The van der Waals surface area contributed by atoms with Crippen molar-refractivity contribution in [3.63, 3.8) is 0 Å². The van der Waals surface area contributed by atoms with Gasteiger partial charge in [0.2, 0.25) is 5.95 Å². The molecule has 278 valence electrons. The van der Waals surface area contributed by atoms with Crippen molar-refractivity contribution in [3.05, 3.63) is 152 Å². The van der Waals surface area contributed by atoms with Crippen LogP contribution < -0.4 is 21.2 Å². The molecule has 0 amide bonds. The summed E-state index contributed by atoms with van der Waals surface area (Å²) in [7, 11) is -6.56. The standard InChI is InChI=1S/C44H35N5O2P2.2Pd/c1-30(2)52(50,34-14-9-12-32(26-34)40-16-5-7-22-45-40)36-18-20-38-39-21-19-37(29-43(39)49(42(38)28-36)44-47-24-11-25-48-44)53(51,31(3)4)35-15-10-13-33(27-35)41-17-6-8-23-46-41;;/h5-25,30-31H,1-4H3;;/q-4;2*+2. The van der Waals surface area contributed by atoms with Crippen molar-refractivity contribution in [2.45, 2.75) is 39.0 Å². The molecule has 2 unspecified atom stereocenters. The topological polar surface area (TPSA) is 90.6 Å². The SMILES string of the molecule is CC(C)P(=O)(c1[c-]c(-c2ccccn2)ccc1)c1[c-]c2c(cc1)c1ccc(P(=O)(c3[c-]c(-c4ccccn4)ccc3)C(C)C)[c-]c1n2-c1ncccn1.[Pd+2].[Pd+2]. The first-order valence-electron chi connectivity index (χ1n) is 17.5. The summed E-state index contributed by atoms with van der Waals surface area (Å²) < 4.78 is 32.6. The van der Waals surface area contributed by atoms with Gasteiger partial charge in [0.15, 0.2) is 0 Å². The number of hydrogen-bond acceptors (Lipinski definition) is 6. The van der Waals surface area contributed by atoms with E-state index < -0.39 is 14.3 Å². The molecule has 0 bridgehead atoms. The third-order valence-electron chi connectivity index (χ3n) is 9.64. The maximum absolute atomic E-state index is 15.4. The predicted octanol–water partition coefficient (Wildman–Crippen LogP) is 8.34. The van der Waals surface area contributed by atoms with Gasteiger partial charge in [-0.1, -0.05) is 84.2 Å². The molecule has 2 atom stereocenters. The summed E-state index contributed by atoms with van der Waals surface area (Å²) in [4.78, 5) is 18.3. The van der Waals surface area contributed by atoms with E-state index in [0.29, 0.717) is 38.2 Å². The van der Waals surface area contributed by atoms with Gasteiger partial charge in [-0.25, -0.2) is 9.97 Å². The molecule has 0 saturated heterocycles. The van der Waals surface area contributed by atoms with E-state index in [0.717, 1.165) is 33.3 Å². The summed E-state index contributed by atoms with van der Waals surface area (Å²) in [5.74, 6) is 0.403. The number of rotatable bonds is 9. The van der Waals surface area contributed by atoms with E-state index in [4.69, 9.17) is 0 Å². The second kappa shape index (κ2) is 16.5. The number of benzene rings is 4. The van der Waals surface area contributed by atoms with Crippen LogP contribution in [0.2, 0.25) is 0 Å². The number of hydrogen-bond donors (Lipinski definition) is 0. The Bertz CT molecular complexity index is 2540. The summed E-state index contributed by atoms with van der Waals surface area (Å²) in [6.45, 7) is 7.89. The van der Waals surface area contributed by atoms with Crippen LogP contribution in [0.4, 0.5) is 0 Å². The van der Waals surface area contributed by atoms with E-state index in [1.807, 2.05) is 129 Å². The maximum Gasteiger partial charge on any atom is 2.00 e. The Morgan fingerprint density at radius 1 is 0.473 bits per heavy atom. The van der Waals surface area contributed by atoms with E-state index >= 15 is 9.13 Å². The third kappa shape index (κ3) is 7.20. The van der Waals surface area contributed by atoms with Gasteiger partial charge in [0.25, 0.3) is 0 Å². The maximum atomic E-state index is 15.4. The molecule has 4 aromatic heterocycles. The van der Waals surface area contributed by atoms with Crippen molar-refractivity contribution in [1.29, 1.82) is 0 Å². The molecule has 4 aromatic carbocycles. The van der Waals surface area contributed by atoms with E-state index in [1.54, 1.807) is 30.9 Å². The van der Waals surface area contributed by atoms with Crippen molar-refractivity contribution < 1.29 is 50.0 Å². The fraction of sp³-hybridized carbons (Fsp3) is 0.136. The van der Waals surface area contributed by atoms with Crippen LogP contribution in [-0.2, 0) is 50.0 Å². The van der Waals surface area contributed by atoms with Crippen LogP contribution in [0.25, 0.3) is 50.3 Å². The molecule has 0 radical (unpaired) electrons. The van der Waals surface area contributed by atoms with Crippen LogP contribution in [-0.4, -0.2) is 35.8 Å². The zero-order valence-electron chi connectivity index (χ0n) is 30.4. The predicted molar refractivity (Wildman–Crippen MR) is 215 cm³/mol. The molecule has 0 aliphatic rings. The Labute approximate surface area is 349 Å². The summed E-state index contributed by atoms with van der Waals surface area (Å²) in [6.07, 6.45) is 6.85. The largest absolute Gasteiger partial charge is 2.00 e. The van der Waals surface area contributed by atoms with E-state index in [1.165, 1.54) is 0 Å². The molecule has 11 heteroatoms. The Morgan fingerprint density at radius 3 is 1.29 bits per heavy atom. The molecule has 0 saturated carbocycles. The molecular weight excluding hydrogens is 905 g/mol. The van der Waals surface area contributed by atoms with E-state index in [9.17, 15) is 0 Å². The Hall–Kier alpha value is -4.16. The zero-order chi connectivity index (χ0) is 36.7. The van der Waals surface area contributed by atoms with Gasteiger partial charge in [-0.15, -0.1) is 71.8 Å². The van der Waals surface area contributed by atoms with Crippen LogP contribution in [0.1, 0.15) is 27.7 Å². The first-order valence-corrected chi connectivity index (χ1v) is 21.0. The fourth-order valence-corrected chi connectivity index (χ4v) is 11.9. The van der Waals surface area contributed by atoms with Crippen LogP contribution in [0, 0.1) is 24.3 Å². The zero-order valence-corrected chi connectivity index (χ0v) is 35.3. The molecule has 4 heterocycles. The van der Waals surface area contributed by atoms with Crippen LogP contribution in [0.15, 0.2) is 128 Å². The molecule has 0 fully saturated rings. The van der Waals surface area contributed by atoms with Gasteiger partial charge in [0, 0.05) is 36.1 Å². The number of pyridine rings is 2. The van der Waals surface area contributed by atoms with Gasteiger partial charge in [0.1, 0.15) is 14.3 Å². The monoisotopic (exact) mass is 939 g/mol. The summed E-state index contributed by atoms with van der Waals surface area (Å²) in [5.41, 5.74) is 3.89. The van der Waals surface area contributed by atoms with Gasteiger partial charge >= 0.3 is 40.8 Å². The number of aromatic nitrogens is 5. The second-order valence-corrected chi connectivity index (χ2v) is 20.1. The quantitative estimate of drug-likeness (QED) is 0.0822. The van der Waals surface area contributed by atoms with Gasteiger partial charge in [-0.2, -0.15) is 35.0 Å². The average Bonchev–Trinajstić information content (AvgIpc) is 3.54. The normalized spacial score (nSPS) is 13.6. The molecule has 0 aliphatic carbocycles. The summed E-state index contributed by atoms with van der Waals surface area (Å²) in [5, 5.41) is 4.10. The molecule has 8 rings (SSSR count). The van der Waals surface area contributed by atoms with Gasteiger partial charge in [0.05, 0.1) is 0 Å². The Balaban J connectivity index is 0.00000257. The van der Waals surface area contributed by atoms with Crippen molar-refractivity contribution in [3.8, 4) is 28.5 Å². The van der Waals surface area contributed by atoms with Gasteiger partial charge in [-0.3, -0.25) is 0 Å². The molecule has 0 spiro atoms. The van der Waals surface area contributed by atoms with Crippen LogP contribution >= 0.6 is 14.3 Å². The average molecular weight is 941 g/mol. The minimum Gasteiger partial charge on any atom is -0.328 e. The van der Waals surface area contributed by atoms with Gasteiger partial charge < -0.3 is 23.7 Å². The summed E-state index contributed by atoms with van der Waals surface area (Å²) in [6, 6.07) is 46.5. The first kappa shape index (κ1) is 40.5. The third-order valence-corrected chi connectivity index (χ3v) is 16.5. The molecule has 8 aromatic rings. The minimum absolute atomic E-state index is 0. The summed E-state index contributed by atoms with van der Waals surface area (Å²) >= 11 is 0. The van der Waals surface area contributed by atoms with Crippen molar-refractivity contribution in [1.82, 2.24) is 24.5 Å². The fourth-order valence-electron chi connectivity index (χ4n) is 6.85. The van der Waals surface area contributed by atoms with Crippen LogP contribution in [0.5, 0.6) is 0 Å². The van der Waals surface area contributed by atoms with Crippen molar-refractivity contribution in [2.24, 2.45) is 0 Å². The molecule has 7 nitrogen and oxygen atoms in total. The minimum atomic E-state index is -3.28. The molecular formula is C44H35N5O2P2Pd2. The molecule has 0 aliphatic heterocycles. The Kier molecular flexibility index (Phi) is 12.2. The van der Waals surface area contributed by atoms with Crippen molar-refractivity contribution >= 4 is 57.3 Å². The second-order valence-electron chi connectivity index (χ2n) is 13.4. The van der Waals surface area contributed by atoms with Crippen LogP contribution in [0.3, 0.4) is 0 Å².